The zero-order valence-electron chi connectivity index (χ0n) is 28.6. The summed E-state index contributed by atoms with van der Waals surface area (Å²) in [6.45, 7) is 1.65. The number of nitrogens with zero attached hydrogens (tertiary/aromatic N) is 3. The number of hydrogen-bond acceptors (Lipinski definition) is 11. The van der Waals surface area contributed by atoms with Crippen molar-refractivity contribution in [1.29, 1.82) is 0 Å². The van der Waals surface area contributed by atoms with E-state index in [-0.39, 0.29) is 23.7 Å². The van der Waals surface area contributed by atoms with Gasteiger partial charge in [0, 0.05) is 16.5 Å². The highest BCUT2D eigenvalue weighted by molar-refractivity contribution is 9.09. The quantitative estimate of drug-likeness (QED) is 0.0242. The molecule has 0 radical (unpaired) electrons. The fourth-order valence-corrected chi connectivity index (χ4v) is 8.93. The van der Waals surface area contributed by atoms with Crippen LogP contribution in [-0.2, 0) is 34.3 Å². The van der Waals surface area contributed by atoms with E-state index in [0.717, 1.165) is 23.1 Å². The number of carboxylic acid groups (broad SMARTS) is 1. The summed E-state index contributed by atoms with van der Waals surface area (Å²) in [7, 11) is 0. The van der Waals surface area contributed by atoms with Crippen LogP contribution in [0.25, 0.3) is 0 Å². The van der Waals surface area contributed by atoms with Crippen LogP contribution in [0.4, 0.5) is 5.13 Å². The lowest BCUT2D eigenvalue weighted by atomic mass is 9.77. The number of benzene rings is 3. The van der Waals surface area contributed by atoms with Gasteiger partial charge in [0.05, 0.1) is 6.61 Å². The molecule has 0 saturated carbocycles. The molecule has 1 fully saturated rings. The third kappa shape index (κ3) is 8.01. The van der Waals surface area contributed by atoms with Gasteiger partial charge in [-0.05, 0) is 28.7 Å². The number of β-lactam (4-membered cyclic amide) rings is 1. The number of carbonyl (C=O) groups is 4. The second-order valence-corrected chi connectivity index (χ2v) is 14.6. The molecule has 274 valence electrons. The second kappa shape index (κ2) is 17.2. The first-order valence-electron chi connectivity index (χ1n) is 16.8. The third-order valence-electron chi connectivity index (χ3n) is 8.67. The van der Waals surface area contributed by atoms with Gasteiger partial charge < -0.3 is 25.3 Å². The van der Waals surface area contributed by atoms with Gasteiger partial charge in [-0.2, -0.15) is 0 Å². The van der Waals surface area contributed by atoms with E-state index in [2.05, 4.69) is 31.7 Å². The van der Waals surface area contributed by atoms with Crippen molar-refractivity contribution in [2.75, 3.05) is 29.6 Å². The Morgan fingerprint density at radius 1 is 1.00 bits per heavy atom. The average molecular weight is 819 g/mol. The van der Waals surface area contributed by atoms with Crippen LogP contribution in [0, 0.1) is 0 Å². The lowest BCUT2D eigenvalue weighted by Gasteiger charge is -2.49. The number of rotatable bonds is 16. The van der Waals surface area contributed by atoms with E-state index in [1.165, 1.54) is 28.0 Å². The van der Waals surface area contributed by atoms with Crippen LogP contribution in [0.15, 0.2) is 113 Å². The first kappa shape index (κ1) is 37.8. The third-order valence-corrected chi connectivity index (χ3v) is 11.4. The maximum absolute atomic E-state index is 13.9. The number of halogens is 1. The first-order valence-corrected chi connectivity index (χ1v) is 19.9. The van der Waals surface area contributed by atoms with Crippen LogP contribution in [0.5, 0.6) is 0 Å². The highest BCUT2D eigenvalue weighted by atomic mass is 79.9. The molecule has 12 nitrogen and oxygen atoms in total. The molecule has 15 heteroatoms. The number of carbonyl (C=O) groups excluding carboxylic acids is 3. The second-order valence-electron chi connectivity index (χ2n) is 12.1. The Kier molecular flexibility index (Phi) is 12.3. The molecule has 2 aliphatic rings. The van der Waals surface area contributed by atoms with Crippen LogP contribution in [0.3, 0.4) is 0 Å². The number of fused-ring (bicyclic) bond motifs is 1. The standard InChI is InChI=1S/C38H36BrN5O7S2/c1-2-3-19-50-29(45)21-51-43-30(33(46)41-31-34(47)44-32(36(48)49)24(20-39)22-52-35(31)44)28-23-53-37(40-28)42-38(25-13-7-4-8-14-25,26-15-9-5-10-16-26)27-17-11-6-12-18-27/h4-18,23,31,35H,2-3,19-22H2,1H3,(H,40,42)(H,41,46)(H,48,49)/b43-30-/t31-,35-/m1/s1. The van der Waals surface area contributed by atoms with Crippen molar-refractivity contribution in [2.24, 2.45) is 5.16 Å². The summed E-state index contributed by atoms with van der Waals surface area (Å²) in [5.41, 5.74) is 2.27. The predicted molar refractivity (Wildman–Crippen MR) is 207 cm³/mol. The molecule has 2 amide bonds. The summed E-state index contributed by atoms with van der Waals surface area (Å²) < 4.78 is 5.16. The van der Waals surface area contributed by atoms with Crippen LogP contribution in [0.1, 0.15) is 42.1 Å². The molecule has 3 heterocycles. The summed E-state index contributed by atoms with van der Waals surface area (Å²) >= 11 is 5.89. The highest BCUT2D eigenvalue weighted by Crippen LogP contribution is 2.42. The number of aliphatic carboxylic acids is 1. The summed E-state index contributed by atoms with van der Waals surface area (Å²) in [6, 6.07) is 28.8. The first-order chi connectivity index (χ1) is 25.8. The number of unbranched alkanes of at least 4 members (excludes halogenated alkanes) is 1. The average Bonchev–Trinajstić information content (AvgIpc) is 3.65. The van der Waals surface area contributed by atoms with Crippen molar-refractivity contribution < 1.29 is 33.9 Å². The fourth-order valence-electron chi connectivity index (χ4n) is 6.10. The van der Waals surface area contributed by atoms with Gasteiger partial charge in [-0.1, -0.05) is 125 Å². The van der Waals surface area contributed by atoms with Crippen LogP contribution < -0.4 is 10.6 Å². The number of aromatic nitrogens is 1. The number of thioether (sulfide) groups is 1. The predicted octanol–water partition coefficient (Wildman–Crippen LogP) is 5.74. The van der Waals surface area contributed by atoms with Gasteiger partial charge in [-0.15, -0.1) is 23.1 Å². The molecule has 0 unspecified atom stereocenters. The number of ether oxygens (including phenoxy) is 1. The van der Waals surface area contributed by atoms with Gasteiger partial charge in [-0.3, -0.25) is 14.5 Å². The number of alkyl halides is 1. The molecule has 2 aliphatic heterocycles. The smallest absolute Gasteiger partial charge is 0.352 e. The Morgan fingerprint density at radius 3 is 2.15 bits per heavy atom. The molecule has 1 aromatic heterocycles. The molecule has 1 saturated heterocycles. The summed E-state index contributed by atoms with van der Waals surface area (Å²) in [5.74, 6) is -2.85. The SMILES string of the molecule is CCCCOC(=O)CO/N=C(\C(=O)N[C@@H]1C(=O)N2C(C(=O)O)=C(CBr)CS[C@H]12)c1csc(NC(c2ccccc2)(c2ccccc2)c2ccccc2)n1. The van der Waals surface area contributed by atoms with Crippen molar-refractivity contribution >= 4 is 73.6 Å². The van der Waals surface area contributed by atoms with E-state index in [0.29, 0.717) is 28.2 Å². The molecule has 4 aromatic rings. The number of carboxylic acids is 1. The van der Waals surface area contributed by atoms with Crippen molar-refractivity contribution in [3.05, 3.63) is 130 Å². The van der Waals surface area contributed by atoms with Gasteiger partial charge in [-0.25, -0.2) is 14.6 Å². The van der Waals surface area contributed by atoms with Gasteiger partial charge in [0.15, 0.2) is 10.8 Å². The minimum absolute atomic E-state index is 0.0890. The molecule has 0 aliphatic carbocycles. The minimum atomic E-state index is -1.22. The summed E-state index contributed by atoms with van der Waals surface area (Å²) in [4.78, 5) is 62.9. The van der Waals surface area contributed by atoms with Crippen LogP contribution in [0.2, 0.25) is 0 Å². The Hall–Kier alpha value is -4.99. The molecule has 3 N–H and O–H groups in total. The van der Waals surface area contributed by atoms with Crippen LogP contribution in [-0.4, -0.2) is 80.2 Å². The van der Waals surface area contributed by atoms with Gasteiger partial charge in [0.25, 0.3) is 11.8 Å². The fraction of sp³-hybridized carbons (Fsp3) is 0.263. The van der Waals surface area contributed by atoms with E-state index in [1.54, 1.807) is 5.38 Å². The Balaban J connectivity index is 1.32. The number of nitrogens with one attached hydrogen (secondary N) is 2. The topological polar surface area (TPSA) is 160 Å². The number of oxime groups is 1. The van der Waals surface area contributed by atoms with E-state index < -0.39 is 47.3 Å². The van der Waals surface area contributed by atoms with Gasteiger partial charge in [0.1, 0.15) is 28.3 Å². The molecule has 6 rings (SSSR count). The Morgan fingerprint density at radius 2 is 1.60 bits per heavy atom. The summed E-state index contributed by atoms with van der Waals surface area (Å²) in [6.07, 6.45) is 1.53. The number of anilines is 1. The van der Waals surface area contributed by atoms with Gasteiger partial charge >= 0.3 is 11.9 Å². The van der Waals surface area contributed by atoms with Crippen molar-refractivity contribution in [3.8, 4) is 0 Å². The summed E-state index contributed by atoms with van der Waals surface area (Å²) in [5, 5.41) is 22.0. The molecular formula is C38H36BrN5O7S2. The maximum Gasteiger partial charge on any atom is 0.352 e. The van der Waals surface area contributed by atoms with Gasteiger partial charge in [0.2, 0.25) is 6.61 Å². The van der Waals surface area contributed by atoms with Crippen LogP contribution >= 0.6 is 39.0 Å². The molecule has 53 heavy (non-hydrogen) atoms. The molecule has 2 atom stereocenters. The Labute approximate surface area is 322 Å². The number of amides is 2. The van der Waals surface area contributed by atoms with E-state index >= 15 is 0 Å². The molecule has 3 aromatic carbocycles. The number of thiazole rings is 1. The lowest BCUT2D eigenvalue weighted by molar-refractivity contribution is -0.150. The molecular weight excluding hydrogens is 782 g/mol. The van der Waals surface area contributed by atoms with E-state index in [4.69, 9.17) is 14.6 Å². The highest BCUT2D eigenvalue weighted by Gasteiger charge is 2.54. The van der Waals surface area contributed by atoms with Crippen molar-refractivity contribution in [3.63, 3.8) is 0 Å². The normalized spacial score (nSPS) is 17.1. The number of esters is 1. The number of hydrogen-bond donors (Lipinski definition) is 3. The largest absolute Gasteiger partial charge is 0.477 e. The van der Waals surface area contributed by atoms with Crippen molar-refractivity contribution in [2.45, 2.75) is 36.7 Å². The monoisotopic (exact) mass is 817 g/mol. The van der Waals surface area contributed by atoms with E-state index in [1.807, 2.05) is 97.9 Å². The molecule has 0 bridgehead atoms. The maximum atomic E-state index is 13.9. The lowest BCUT2D eigenvalue weighted by Crippen LogP contribution is -2.71. The van der Waals surface area contributed by atoms with E-state index in [9.17, 15) is 24.3 Å². The molecule has 0 spiro atoms. The zero-order chi connectivity index (χ0) is 37.4. The van der Waals surface area contributed by atoms with Crippen molar-refractivity contribution in [1.82, 2.24) is 15.2 Å². The zero-order valence-corrected chi connectivity index (χ0v) is 31.8. The Bertz CT molecular complexity index is 1910. The minimum Gasteiger partial charge on any atom is -0.477 e.